The van der Waals surface area contributed by atoms with Gasteiger partial charge in [0.25, 0.3) is 0 Å². The molecule has 0 aliphatic heterocycles. The normalized spacial score (nSPS) is 11.4. The monoisotopic (exact) mass is 300 g/mol. The Morgan fingerprint density at radius 1 is 1.20 bits per heavy atom. The van der Waals surface area contributed by atoms with E-state index in [1.807, 2.05) is 0 Å². The van der Waals surface area contributed by atoms with Crippen LogP contribution >= 0.6 is 0 Å². The summed E-state index contributed by atoms with van der Waals surface area (Å²) in [5.74, 6) is -1.72. The predicted molar refractivity (Wildman–Crippen MR) is 66.3 cm³/mol. The van der Waals surface area contributed by atoms with Gasteiger partial charge in [-0.2, -0.15) is 0 Å². The summed E-state index contributed by atoms with van der Waals surface area (Å²) < 4.78 is 54.0. The van der Waals surface area contributed by atoms with Crippen LogP contribution in [-0.4, -0.2) is 24.6 Å². The summed E-state index contributed by atoms with van der Waals surface area (Å²) in [6.45, 7) is 1.49. The molecule has 0 saturated heterocycles. The Morgan fingerprint density at radius 3 is 2.45 bits per heavy atom. The lowest BCUT2D eigenvalue weighted by Gasteiger charge is -2.09. The number of sulfone groups is 1. The van der Waals surface area contributed by atoms with Crippen LogP contribution in [0.3, 0.4) is 0 Å². The largest absolute Gasteiger partial charge is 0.451 e. The second kappa shape index (κ2) is 5.12. The van der Waals surface area contributed by atoms with Gasteiger partial charge >= 0.3 is 0 Å². The zero-order chi connectivity index (χ0) is 14.9. The van der Waals surface area contributed by atoms with Crippen LogP contribution in [0.15, 0.2) is 29.6 Å². The quantitative estimate of drug-likeness (QED) is 0.813. The summed E-state index contributed by atoms with van der Waals surface area (Å²) in [6, 6.07) is 2.84. The van der Waals surface area contributed by atoms with Crippen LogP contribution in [0.2, 0.25) is 0 Å². The fourth-order valence-corrected chi connectivity index (χ4v) is 1.94. The highest BCUT2D eigenvalue weighted by atomic mass is 32.2. The van der Waals surface area contributed by atoms with E-state index in [1.165, 1.54) is 6.92 Å². The van der Waals surface area contributed by atoms with Crippen molar-refractivity contribution in [1.82, 2.24) is 9.97 Å². The van der Waals surface area contributed by atoms with Gasteiger partial charge in [-0.15, -0.1) is 0 Å². The summed E-state index contributed by atoms with van der Waals surface area (Å²) >= 11 is 0. The molecule has 8 heteroatoms. The molecule has 0 atom stereocenters. The lowest BCUT2D eigenvalue weighted by atomic mass is 10.3. The van der Waals surface area contributed by atoms with Gasteiger partial charge in [0, 0.05) is 12.3 Å². The first-order valence-corrected chi connectivity index (χ1v) is 7.33. The smallest absolute Gasteiger partial charge is 0.247 e. The van der Waals surface area contributed by atoms with Crippen LogP contribution in [-0.2, 0) is 9.84 Å². The number of halogens is 2. The maximum atomic E-state index is 13.4. The molecular formula is C12H10F2N2O3S. The minimum atomic E-state index is -3.53. The van der Waals surface area contributed by atoms with E-state index in [4.69, 9.17) is 4.74 Å². The fraction of sp³-hybridized carbons (Fsp3) is 0.167. The highest BCUT2D eigenvalue weighted by Crippen LogP contribution is 2.26. The number of ether oxygens (including phenoxy) is 1. The van der Waals surface area contributed by atoms with Gasteiger partial charge in [0.1, 0.15) is 5.82 Å². The van der Waals surface area contributed by atoms with Crippen molar-refractivity contribution in [2.24, 2.45) is 0 Å². The van der Waals surface area contributed by atoms with Gasteiger partial charge in [0.05, 0.1) is 11.9 Å². The van der Waals surface area contributed by atoms with Gasteiger partial charge in [-0.25, -0.2) is 27.2 Å². The van der Waals surface area contributed by atoms with Gasteiger partial charge in [0.2, 0.25) is 15.0 Å². The molecule has 0 radical (unpaired) electrons. The average Bonchev–Trinajstić information content (AvgIpc) is 2.33. The van der Waals surface area contributed by atoms with E-state index in [9.17, 15) is 17.2 Å². The lowest BCUT2D eigenvalue weighted by molar-refractivity contribution is 0.429. The lowest BCUT2D eigenvalue weighted by Crippen LogP contribution is -2.06. The van der Waals surface area contributed by atoms with Crippen LogP contribution in [0, 0.1) is 18.6 Å². The Bertz CT molecular complexity index is 763. The summed E-state index contributed by atoms with van der Waals surface area (Å²) in [6.07, 6.45) is 2.10. The van der Waals surface area contributed by atoms with E-state index in [0.29, 0.717) is 6.07 Å². The molecule has 1 aromatic heterocycles. The van der Waals surface area contributed by atoms with Crippen molar-refractivity contribution in [2.75, 3.05) is 6.26 Å². The van der Waals surface area contributed by atoms with E-state index in [1.54, 1.807) is 0 Å². The Morgan fingerprint density at radius 2 is 1.90 bits per heavy atom. The molecule has 106 valence electrons. The number of hydrogen-bond donors (Lipinski definition) is 0. The molecule has 0 spiro atoms. The number of benzene rings is 1. The van der Waals surface area contributed by atoms with Crippen LogP contribution in [0.4, 0.5) is 8.78 Å². The van der Waals surface area contributed by atoms with Crippen molar-refractivity contribution < 1.29 is 21.9 Å². The first-order valence-electron chi connectivity index (χ1n) is 5.44. The van der Waals surface area contributed by atoms with Crippen molar-refractivity contribution in [3.8, 4) is 11.5 Å². The predicted octanol–water partition coefficient (Wildman–Crippen LogP) is 2.26. The topological polar surface area (TPSA) is 69.2 Å². The molecule has 1 heterocycles. The first kappa shape index (κ1) is 14.3. The summed E-state index contributed by atoms with van der Waals surface area (Å²) in [7, 11) is -3.53. The van der Waals surface area contributed by atoms with Crippen LogP contribution in [0.25, 0.3) is 0 Å². The van der Waals surface area contributed by atoms with Crippen molar-refractivity contribution >= 4 is 9.84 Å². The van der Waals surface area contributed by atoms with Crippen LogP contribution < -0.4 is 4.74 Å². The Hall–Kier alpha value is -2.09. The fourth-order valence-electron chi connectivity index (χ4n) is 1.39. The minimum absolute atomic E-state index is 0.0860. The number of aromatic nitrogens is 2. The molecule has 5 nitrogen and oxygen atoms in total. The van der Waals surface area contributed by atoms with Gasteiger partial charge in [-0.3, -0.25) is 0 Å². The highest BCUT2D eigenvalue weighted by Gasteiger charge is 2.15. The van der Waals surface area contributed by atoms with E-state index in [0.717, 1.165) is 24.6 Å². The molecule has 2 rings (SSSR count). The van der Waals surface area contributed by atoms with E-state index >= 15 is 0 Å². The van der Waals surface area contributed by atoms with Crippen molar-refractivity contribution in [2.45, 2.75) is 12.1 Å². The number of rotatable bonds is 3. The molecule has 0 unspecified atom stereocenters. The summed E-state index contributed by atoms with van der Waals surface area (Å²) in [4.78, 5) is 7.40. The molecule has 20 heavy (non-hydrogen) atoms. The molecule has 0 N–H and O–H groups in total. The number of nitrogens with zero attached hydrogens (tertiary/aromatic N) is 2. The zero-order valence-electron chi connectivity index (χ0n) is 10.6. The van der Waals surface area contributed by atoms with Crippen molar-refractivity contribution in [1.29, 1.82) is 0 Å². The zero-order valence-corrected chi connectivity index (χ0v) is 11.4. The Labute approximate surface area is 114 Å². The average molecular weight is 300 g/mol. The second-order valence-corrected chi connectivity index (χ2v) is 5.96. The standard InChI is InChI=1S/C12H10F2N2O3S/c1-7-11(6-15-12(16-7)20(2,17)18)19-10-4-3-8(13)5-9(10)14/h3-6H,1-2H3. The maximum Gasteiger partial charge on any atom is 0.247 e. The third-order valence-corrected chi connectivity index (χ3v) is 3.22. The summed E-state index contributed by atoms with van der Waals surface area (Å²) in [5.41, 5.74) is 0.226. The highest BCUT2D eigenvalue weighted by molar-refractivity contribution is 7.90. The van der Waals surface area contributed by atoms with Crippen molar-refractivity contribution in [3.05, 3.63) is 41.7 Å². The first-order chi connectivity index (χ1) is 9.27. The SMILES string of the molecule is Cc1nc(S(C)(=O)=O)ncc1Oc1ccc(F)cc1F. The molecule has 0 amide bonds. The minimum Gasteiger partial charge on any atom is -0.451 e. The third kappa shape index (κ3) is 3.08. The molecule has 1 aromatic carbocycles. The van der Waals surface area contributed by atoms with Gasteiger partial charge in [0.15, 0.2) is 17.3 Å². The number of aryl methyl sites for hydroxylation is 1. The number of hydrogen-bond acceptors (Lipinski definition) is 5. The maximum absolute atomic E-state index is 13.4. The molecule has 0 saturated carbocycles. The van der Waals surface area contributed by atoms with Gasteiger partial charge in [-0.05, 0) is 19.1 Å². The van der Waals surface area contributed by atoms with Crippen molar-refractivity contribution in [3.63, 3.8) is 0 Å². The molecule has 0 fully saturated rings. The molecule has 0 aliphatic carbocycles. The second-order valence-electron chi connectivity index (χ2n) is 4.05. The van der Waals surface area contributed by atoms with E-state index in [-0.39, 0.29) is 22.3 Å². The molecular weight excluding hydrogens is 290 g/mol. The molecule has 0 aliphatic rings. The third-order valence-electron chi connectivity index (χ3n) is 2.36. The summed E-state index contributed by atoms with van der Waals surface area (Å²) in [5, 5.41) is -0.345. The molecule has 2 aromatic rings. The van der Waals surface area contributed by atoms with Gasteiger partial charge < -0.3 is 4.74 Å². The van der Waals surface area contributed by atoms with E-state index < -0.39 is 21.5 Å². The van der Waals surface area contributed by atoms with Crippen LogP contribution in [0.1, 0.15) is 5.69 Å². The Kier molecular flexibility index (Phi) is 3.67. The van der Waals surface area contributed by atoms with E-state index in [2.05, 4.69) is 9.97 Å². The molecule has 0 bridgehead atoms. The van der Waals surface area contributed by atoms with Crippen LogP contribution in [0.5, 0.6) is 11.5 Å². The Balaban J connectivity index is 2.35. The van der Waals surface area contributed by atoms with Gasteiger partial charge in [-0.1, -0.05) is 0 Å².